The highest BCUT2D eigenvalue weighted by molar-refractivity contribution is 5.73. The Labute approximate surface area is 96.7 Å². The van der Waals surface area contributed by atoms with E-state index in [1.54, 1.807) is 6.92 Å². The van der Waals surface area contributed by atoms with Gasteiger partial charge in [0.25, 0.3) is 0 Å². The Morgan fingerprint density at radius 1 is 1.25 bits per heavy atom. The van der Waals surface area contributed by atoms with Gasteiger partial charge < -0.3 is 4.90 Å². The average molecular weight is 218 g/mol. The molecule has 0 spiro atoms. The number of piperazine rings is 1. The summed E-state index contributed by atoms with van der Waals surface area (Å²) in [4.78, 5) is 15.6. The van der Waals surface area contributed by atoms with Crippen LogP contribution < -0.4 is 0 Å². The summed E-state index contributed by atoms with van der Waals surface area (Å²) in [5.74, 6) is 0.175. The Kier molecular flexibility index (Phi) is 3.25. The van der Waals surface area contributed by atoms with Gasteiger partial charge in [-0.15, -0.1) is 0 Å². The fraction of sp³-hybridized carbons (Fsp3) is 0.462. The van der Waals surface area contributed by atoms with Crippen LogP contribution >= 0.6 is 0 Å². The van der Waals surface area contributed by atoms with Gasteiger partial charge in [-0.3, -0.25) is 9.69 Å². The molecule has 1 aromatic rings. The van der Waals surface area contributed by atoms with Crippen LogP contribution in [0.2, 0.25) is 0 Å². The summed E-state index contributed by atoms with van der Waals surface area (Å²) in [6.07, 6.45) is 0. The van der Waals surface area contributed by atoms with Crippen molar-refractivity contribution in [1.82, 2.24) is 9.80 Å². The standard InChI is InChI=1S/C13H18N2O/c1-11(16)15-9-8-14(2)13(10-15)12-6-4-3-5-7-12/h3-7,13H,8-10H2,1-2H3/t13-/m0/s1. The number of rotatable bonds is 1. The molecule has 1 heterocycles. The molecule has 1 amide bonds. The summed E-state index contributed by atoms with van der Waals surface area (Å²) in [7, 11) is 2.12. The highest BCUT2D eigenvalue weighted by Crippen LogP contribution is 2.23. The van der Waals surface area contributed by atoms with Crippen molar-refractivity contribution in [3.8, 4) is 0 Å². The first kappa shape index (κ1) is 11.1. The van der Waals surface area contributed by atoms with Crippen molar-refractivity contribution in [3.05, 3.63) is 35.9 Å². The molecule has 3 nitrogen and oxygen atoms in total. The van der Waals surface area contributed by atoms with Crippen LogP contribution in [-0.2, 0) is 4.79 Å². The third kappa shape index (κ3) is 2.25. The van der Waals surface area contributed by atoms with Crippen molar-refractivity contribution in [3.63, 3.8) is 0 Å². The van der Waals surface area contributed by atoms with Crippen molar-refractivity contribution >= 4 is 5.91 Å². The number of hydrogen-bond donors (Lipinski definition) is 0. The van der Waals surface area contributed by atoms with Crippen molar-refractivity contribution in [2.75, 3.05) is 26.7 Å². The maximum absolute atomic E-state index is 11.4. The third-order valence-electron chi connectivity index (χ3n) is 3.28. The molecule has 1 fully saturated rings. The molecule has 16 heavy (non-hydrogen) atoms. The minimum absolute atomic E-state index is 0.175. The van der Waals surface area contributed by atoms with Crippen molar-refractivity contribution < 1.29 is 4.79 Å². The van der Waals surface area contributed by atoms with Crippen LogP contribution in [0.3, 0.4) is 0 Å². The van der Waals surface area contributed by atoms with Crippen LogP contribution in [0.15, 0.2) is 30.3 Å². The molecule has 0 unspecified atom stereocenters. The van der Waals surface area contributed by atoms with Gasteiger partial charge in [0.05, 0.1) is 6.04 Å². The summed E-state index contributed by atoms with van der Waals surface area (Å²) < 4.78 is 0. The van der Waals surface area contributed by atoms with E-state index in [4.69, 9.17) is 0 Å². The van der Waals surface area contributed by atoms with E-state index < -0.39 is 0 Å². The molecule has 0 aliphatic carbocycles. The number of nitrogens with zero attached hydrogens (tertiary/aromatic N) is 2. The van der Waals surface area contributed by atoms with E-state index in [2.05, 4.69) is 36.2 Å². The second kappa shape index (κ2) is 4.66. The van der Waals surface area contributed by atoms with Crippen LogP contribution in [0.5, 0.6) is 0 Å². The van der Waals surface area contributed by atoms with Gasteiger partial charge in [-0.2, -0.15) is 0 Å². The molecule has 1 aromatic carbocycles. The van der Waals surface area contributed by atoms with Gasteiger partial charge in [-0.1, -0.05) is 30.3 Å². The van der Waals surface area contributed by atoms with Gasteiger partial charge >= 0.3 is 0 Å². The molecule has 0 bridgehead atoms. The quantitative estimate of drug-likeness (QED) is 0.713. The van der Waals surface area contributed by atoms with Gasteiger partial charge in [0.1, 0.15) is 0 Å². The lowest BCUT2D eigenvalue weighted by molar-refractivity contribution is -0.131. The van der Waals surface area contributed by atoms with Gasteiger partial charge in [0.2, 0.25) is 5.91 Å². The topological polar surface area (TPSA) is 23.6 Å². The van der Waals surface area contributed by atoms with Crippen molar-refractivity contribution in [2.24, 2.45) is 0 Å². The van der Waals surface area contributed by atoms with E-state index in [-0.39, 0.29) is 5.91 Å². The van der Waals surface area contributed by atoms with Gasteiger partial charge in [0.15, 0.2) is 0 Å². The first-order valence-corrected chi connectivity index (χ1v) is 5.69. The van der Waals surface area contributed by atoms with Gasteiger partial charge in [0, 0.05) is 26.6 Å². The Morgan fingerprint density at radius 2 is 1.94 bits per heavy atom. The second-order valence-corrected chi connectivity index (χ2v) is 4.37. The summed E-state index contributed by atoms with van der Waals surface area (Å²) >= 11 is 0. The molecule has 0 aromatic heterocycles. The molecule has 86 valence electrons. The number of benzene rings is 1. The van der Waals surface area contributed by atoms with Crippen LogP contribution in [0, 0.1) is 0 Å². The largest absolute Gasteiger partial charge is 0.340 e. The third-order valence-corrected chi connectivity index (χ3v) is 3.28. The van der Waals surface area contributed by atoms with E-state index in [1.807, 2.05) is 11.0 Å². The summed E-state index contributed by atoms with van der Waals surface area (Å²) in [6, 6.07) is 10.7. The normalized spacial score (nSPS) is 22.1. The van der Waals surface area contributed by atoms with Crippen LogP contribution in [0.25, 0.3) is 0 Å². The number of carbonyl (C=O) groups is 1. The fourth-order valence-corrected chi connectivity index (χ4v) is 2.19. The minimum atomic E-state index is 0.175. The summed E-state index contributed by atoms with van der Waals surface area (Å²) in [5, 5.41) is 0. The lowest BCUT2D eigenvalue weighted by atomic mass is 10.0. The first-order chi connectivity index (χ1) is 7.68. The number of carbonyl (C=O) groups excluding carboxylic acids is 1. The first-order valence-electron chi connectivity index (χ1n) is 5.69. The lowest BCUT2D eigenvalue weighted by Crippen LogP contribution is -2.48. The Hall–Kier alpha value is -1.35. The number of hydrogen-bond acceptors (Lipinski definition) is 2. The average Bonchev–Trinajstić information content (AvgIpc) is 2.30. The Morgan fingerprint density at radius 3 is 2.56 bits per heavy atom. The Bertz CT molecular complexity index is 363. The van der Waals surface area contributed by atoms with E-state index in [9.17, 15) is 4.79 Å². The predicted molar refractivity (Wildman–Crippen MR) is 64.1 cm³/mol. The predicted octanol–water partition coefficient (Wildman–Crippen LogP) is 1.52. The molecule has 0 N–H and O–H groups in total. The summed E-state index contributed by atoms with van der Waals surface area (Å²) in [6.45, 7) is 4.23. The maximum Gasteiger partial charge on any atom is 0.219 e. The summed E-state index contributed by atoms with van der Waals surface area (Å²) in [5.41, 5.74) is 1.29. The van der Waals surface area contributed by atoms with E-state index in [1.165, 1.54) is 5.56 Å². The van der Waals surface area contributed by atoms with E-state index >= 15 is 0 Å². The monoisotopic (exact) mass is 218 g/mol. The Balaban J connectivity index is 2.16. The SMILES string of the molecule is CC(=O)N1CCN(C)[C@H](c2ccccc2)C1. The molecule has 2 rings (SSSR count). The van der Waals surface area contributed by atoms with Gasteiger partial charge in [-0.05, 0) is 12.6 Å². The highest BCUT2D eigenvalue weighted by Gasteiger charge is 2.26. The number of likely N-dealkylation sites (N-methyl/N-ethyl adjacent to an activating group) is 1. The fourth-order valence-electron chi connectivity index (χ4n) is 2.19. The van der Waals surface area contributed by atoms with E-state index in [0.717, 1.165) is 19.6 Å². The zero-order valence-corrected chi connectivity index (χ0v) is 9.89. The molecular weight excluding hydrogens is 200 g/mol. The lowest BCUT2D eigenvalue weighted by Gasteiger charge is -2.39. The zero-order valence-electron chi connectivity index (χ0n) is 9.89. The smallest absolute Gasteiger partial charge is 0.219 e. The molecule has 1 saturated heterocycles. The van der Waals surface area contributed by atoms with Crippen molar-refractivity contribution in [2.45, 2.75) is 13.0 Å². The minimum Gasteiger partial charge on any atom is -0.340 e. The van der Waals surface area contributed by atoms with Crippen molar-refractivity contribution in [1.29, 1.82) is 0 Å². The molecule has 3 heteroatoms. The molecular formula is C13H18N2O. The van der Waals surface area contributed by atoms with Crippen LogP contribution in [-0.4, -0.2) is 42.4 Å². The molecule has 1 atom stereocenters. The molecule has 0 saturated carbocycles. The highest BCUT2D eigenvalue weighted by atomic mass is 16.2. The van der Waals surface area contributed by atoms with Gasteiger partial charge in [-0.25, -0.2) is 0 Å². The second-order valence-electron chi connectivity index (χ2n) is 4.37. The van der Waals surface area contributed by atoms with Crippen LogP contribution in [0.1, 0.15) is 18.5 Å². The van der Waals surface area contributed by atoms with Crippen LogP contribution in [0.4, 0.5) is 0 Å². The molecule has 0 radical (unpaired) electrons. The molecule has 1 aliphatic heterocycles. The zero-order chi connectivity index (χ0) is 11.5. The number of amides is 1. The van der Waals surface area contributed by atoms with E-state index in [0.29, 0.717) is 6.04 Å². The molecule has 1 aliphatic rings. The maximum atomic E-state index is 11.4.